The zero-order valence-electron chi connectivity index (χ0n) is 15.3. The Hall–Kier alpha value is -2.20. The Morgan fingerprint density at radius 1 is 1.04 bits per heavy atom. The van der Waals surface area contributed by atoms with Crippen LogP contribution < -0.4 is 14.8 Å². The lowest BCUT2D eigenvalue weighted by Crippen LogP contribution is -2.39. The van der Waals surface area contributed by atoms with E-state index in [1.54, 1.807) is 24.3 Å². The van der Waals surface area contributed by atoms with E-state index >= 15 is 0 Å². The smallest absolute Gasteiger partial charge is 0.261 e. The van der Waals surface area contributed by atoms with Crippen molar-refractivity contribution in [2.45, 2.75) is 39.2 Å². The van der Waals surface area contributed by atoms with Gasteiger partial charge in [0, 0.05) is 5.02 Å². The van der Waals surface area contributed by atoms with Crippen LogP contribution in [-0.4, -0.2) is 25.2 Å². The summed E-state index contributed by atoms with van der Waals surface area (Å²) in [5, 5.41) is 3.49. The summed E-state index contributed by atoms with van der Waals surface area (Å²) in [6, 6.07) is 15.1. The van der Waals surface area contributed by atoms with E-state index in [4.69, 9.17) is 21.1 Å². The van der Waals surface area contributed by atoms with Crippen molar-refractivity contribution in [3.63, 3.8) is 0 Å². The monoisotopic (exact) mass is 375 g/mol. The van der Waals surface area contributed by atoms with Crippen molar-refractivity contribution in [3.8, 4) is 11.5 Å². The summed E-state index contributed by atoms with van der Waals surface area (Å²) in [7, 11) is 0. The minimum Gasteiger partial charge on any atom is -0.492 e. The summed E-state index contributed by atoms with van der Waals surface area (Å²) >= 11 is 5.86. The van der Waals surface area contributed by atoms with E-state index in [9.17, 15) is 4.79 Å². The Balaban J connectivity index is 1.73. The number of hydrogen-bond acceptors (Lipinski definition) is 3. The van der Waals surface area contributed by atoms with E-state index in [2.05, 4.69) is 24.4 Å². The van der Waals surface area contributed by atoms with Crippen LogP contribution in [0.25, 0.3) is 0 Å². The molecule has 0 heterocycles. The van der Waals surface area contributed by atoms with Gasteiger partial charge in [-0.05, 0) is 54.8 Å². The van der Waals surface area contributed by atoms with Crippen LogP contribution in [-0.2, 0) is 11.2 Å². The molecule has 0 radical (unpaired) electrons. The summed E-state index contributed by atoms with van der Waals surface area (Å²) in [5.74, 6) is 1.28. The highest BCUT2D eigenvalue weighted by Gasteiger charge is 2.17. The van der Waals surface area contributed by atoms with Crippen LogP contribution in [0.5, 0.6) is 11.5 Å². The molecule has 4 nitrogen and oxygen atoms in total. The van der Waals surface area contributed by atoms with E-state index in [1.165, 1.54) is 5.56 Å². The van der Waals surface area contributed by atoms with Crippen LogP contribution in [0.1, 0.15) is 32.3 Å². The molecule has 2 aromatic rings. The van der Waals surface area contributed by atoms with E-state index in [0.29, 0.717) is 30.3 Å². The van der Waals surface area contributed by atoms with E-state index in [0.717, 1.165) is 18.6 Å². The molecule has 0 aromatic heterocycles. The number of amides is 1. The van der Waals surface area contributed by atoms with Gasteiger partial charge in [-0.2, -0.15) is 0 Å². The van der Waals surface area contributed by atoms with Crippen LogP contribution in [0.15, 0.2) is 48.5 Å². The molecular weight excluding hydrogens is 350 g/mol. The largest absolute Gasteiger partial charge is 0.492 e. The Kier molecular flexibility index (Phi) is 8.29. The zero-order chi connectivity index (χ0) is 18.8. The molecule has 0 aliphatic carbocycles. The molecule has 1 N–H and O–H groups in total. The highest BCUT2D eigenvalue weighted by molar-refractivity contribution is 6.30. The van der Waals surface area contributed by atoms with Gasteiger partial charge < -0.3 is 14.8 Å². The normalized spacial score (nSPS) is 11.7. The SMILES string of the molecule is CCCc1ccc(OCCNC(=O)[C@@H](CC)Oc2ccc(Cl)cc2)cc1. The van der Waals surface area contributed by atoms with Crippen molar-refractivity contribution in [3.05, 3.63) is 59.1 Å². The maximum absolute atomic E-state index is 12.3. The van der Waals surface area contributed by atoms with Gasteiger partial charge in [0.05, 0.1) is 6.54 Å². The summed E-state index contributed by atoms with van der Waals surface area (Å²) < 4.78 is 11.4. The second kappa shape index (κ2) is 10.7. The number of carbonyl (C=O) groups excluding carboxylic acids is 1. The summed E-state index contributed by atoms with van der Waals surface area (Å²) in [5.41, 5.74) is 1.30. The molecule has 0 bridgehead atoms. The first-order valence-electron chi connectivity index (χ1n) is 9.04. The third-order valence-corrected chi connectivity index (χ3v) is 4.14. The third kappa shape index (κ3) is 6.60. The first kappa shape index (κ1) is 20.1. The molecule has 2 rings (SSSR count). The first-order chi connectivity index (χ1) is 12.6. The van der Waals surface area contributed by atoms with Gasteiger partial charge in [-0.3, -0.25) is 4.79 Å². The number of halogens is 1. The molecule has 140 valence electrons. The Labute approximate surface area is 160 Å². The minimum absolute atomic E-state index is 0.149. The highest BCUT2D eigenvalue weighted by atomic mass is 35.5. The van der Waals surface area contributed by atoms with Crippen LogP contribution in [0, 0.1) is 0 Å². The standard InChI is InChI=1S/C21H26ClNO3/c1-3-5-16-6-10-18(11-7-16)25-15-14-23-21(24)20(4-2)26-19-12-8-17(22)9-13-19/h6-13,20H,3-5,14-15H2,1-2H3,(H,23,24)/t20-/m1/s1. The van der Waals surface area contributed by atoms with Gasteiger partial charge in [-0.25, -0.2) is 0 Å². The number of nitrogens with one attached hydrogen (secondary N) is 1. The van der Waals surface area contributed by atoms with E-state index < -0.39 is 6.10 Å². The molecule has 0 aliphatic rings. The lowest BCUT2D eigenvalue weighted by Gasteiger charge is -2.17. The number of benzene rings is 2. The van der Waals surface area contributed by atoms with Gasteiger partial charge in [0.1, 0.15) is 18.1 Å². The van der Waals surface area contributed by atoms with Crippen LogP contribution in [0.3, 0.4) is 0 Å². The molecule has 1 amide bonds. The first-order valence-corrected chi connectivity index (χ1v) is 9.41. The van der Waals surface area contributed by atoms with Crippen molar-refractivity contribution in [1.82, 2.24) is 5.32 Å². The van der Waals surface area contributed by atoms with Crippen molar-refractivity contribution in [1.29, 1.82) is 0 Å². The molecular formula is C21H26ClNO3. The van der Waals surface area contributed by atoms with Gasteiger partial charge in [0.15, 0.2) is 6.10 Å². The van der Waals surface area contributed by atoms with Gasteiger partial charge in [0.25, 0.3) is 5.91 Å². The second-order valence-corrected chi connectivity index (χ2v) is 6.44. The topological polar surface area (TPSA) is 47.6 Å². The number of hydrogen-bond donors (Lipinski definition) is 1. The molecule has 0 saturated heterocycles. The van der Waals surface area contributed by atoms with Crippen LogP contribution in [0.2, 0.25) is 5.02 Å². The van der Waals surface area contributed by atoms with Crippen molar-refractivity contribution >= 4 is 17.5 Å². The van der Waals surface area contributed by atoms with Crippen molar-refractivity contribution in [2.75, 3.05) is 13.2 Å². The molecule has 0 fully saturated rings. The Morgan fingerprint density at radius 2 is 1.69 bits per heavy atom. The van der Waals surface area contributed by atoms with Crippen LogP contribution >= 0.6 is 11.6 Å². The summed E-state index contributed by atoms with van der Waals surface area (Å²) in [6.07, 6.45) is 2.24. The maximum atomic E-state index is 12.3. The van der Waals surface area contributed by atoms with Gasteiger partial charge in [0.2, 0.25) is 0 Å². The second-order valence-electron chi connectivity index (χ2n) is 6.00. The predicted molar refractivity (Wildman–Crippen MR) is 105 cm³/mol. The number of carbonyl (C=O) groups is 1. The minimum atomic E-state index is -0.537. The summed E-state index contributed by atoms with van der Waals surface area (Å²) in [6.45, 7) is 4.91. The van der Waals surface area contributed by atoms with Crippen LogP contribution in [0.4, 0.5) is 0 Å². The number of aryl methyl sites for hydroxylation is 1. The highest BCUT2D eigenvalue weighted by Crippen LogP contribution is 2.17. The van der Waals surface area contributed by atoms with Crippen molar-refractivity contribution in [2.24, 2.45) is 0 Å². The molecule has 0 unspecified atom stereocenters. The average molecular weight is 376 g/mol. The quantitative estimate of drug-likeness (QED) is 0.615. The molecule has 2 aromatic carbocycles. The fraction of sp³-hybridized carbons (Fsp3) is 0.381. The molecule has 0 spiro atoms. The van der Waals surface area contributed by atoms with Gasteiger partial charge >= 0.3 is 0 Å². The molecule has 1 atom stereocenters. The fourth-order valence-electron chi connectivity index (χ4n) is 2.50. The van der Waals surface area contributed by atoms with E-state index in [1.807, 2.05) is 19.1 Å². The Morgan fingerprint density at radius 3 is 2.31 bits per heavy atom. The average Bonchev–Trinajstić information content (AvgIpc) is 2.66. The lowest BCUT2D eigenvalue weighted by molar-refractivity contribution is -0.128. The molecule has 0 saturated carbocycles. The van der Waals surface area contributed by atoms with Gasteiger partial charge in [-0.1, -0.05) is 44.0 Å². The Bertz CT molecular complexity index is 671. The van der Waals surface area contributed by atoms with Crippen molar-refractivity contribution < 1.29 is 14.3 Å². The zero-order valence-corrected chi connectivity index (χ0v) is 16.1. The predicted octanol–water partition coefficient (Wildman–Crippen LogP) is 4.65. The maximum Gasteiger partial charge on any atom is 0.261 e. The number of ether oxygens (including phenoxy) is 2. The van der Waals surface area contributed by atoms with Gasteiger partial charge in [-0.15, -0.1) is 0 Å². The van der Waals surface area contributed by atoms with E-state index in [-0.39, 0.29) is 5.91 Å². The molecule has 26 heavy (non-hydrogen) atoms. The lowest BCUT2D eigenvalue weighted by atomic mass is 10.1. The molecule has 5 heteroatoms. The fourth-order valence-corrected chi connectivity index (χ4v) is 2.62. The number of rotatable bonds is 10. The molecule has 0 aliphatic heterocycles. The third-order valence-electron chi connectivity index (χ3n) is 3.89. The summed E-state index contributed by atoms with van der Waals surface area (Å²) in [4.78, 5) is 12.3.